The van der Waals surface area contributed by atoms with E-state index >= 15 is 0 Å². The van der Waals surface area contributed by atoms with Crippen LogP contribution in [0.2, 0.25) is 0 Å². The van der Waals surface area contributed by atoms with Crippen LogP contribution in [-0.4, -0.2) is 30.7 Å². The number of hydrogen-bond acceptors (Lipinski definition) is 4. The molecule has 5 heteroatoms. The third-order valence-electron chi connectivity index (χ3n) is 4.13. The highest BCUT2D eigenvalue weighted by Crippen LogP contribution is 2.27. The number of carbonyl (C=O) groups is 1. The minimum atomic E-state index is -0.226. The molecule has 126 valence electrons. The highest BCUT2D eigenvalue weighted by atomic mass is 79.9. The van der Waals surface area contributed by atoms with Gasteiger partial charge in [-0.25, -0.2) is 10.2 Å². The summed E-state index contributed by atoms with van der Waals surface area (Å²) in [7, 11) is 1.45. The maximum atomic E-state index is 12.3. The summed E-state index contributed by atoms with van der Waals surface area (Å²) in [4.78, 5) is 12.3. The highest BCUT2D eigenvalue weighted by Gasteiger charge is 2.34. The van der Waals surface area contributed by atoms with Gasteiger partial charge in [-0.1, -0.05) is 48.3 Å². The summed E-state index contributed by atoms with van der Waals surface area (Å²) in [6, 6.07) is 8.19. The largest absolute Gasteiger partial charge is 0.466 e. The molecule has 1 aliphatic heterocycles. The molecule has 0 bridgehead atoms. The zero-order valence-corrected chi connectivity index (χ0v) is 15.6. The zero-order valence-electron chi connectivity index (χ0n) is 14.1. The summed E-state index contributed by atoms with van der Waals surface area (Å²) in [5, 5.41) is 2.14. The lowest BCUT2D eigenvalue weighted by Gasteiger charge is -2.23. The summed E-state index contributed by atoms with van der Waals surface area (Å²) in [5.41, 5.74) is 6.53. The first-order valence-corrected chi connectivity index (χ1v) is 8.99. The van der Waals surface area contributed by atoms with Gasteiger partial charge in [0.05, 0.1) is 18.7 Å². The number of rotatable bonds is 7. The number of nitrogens with zero attached hydrogens (tertiary/aromatic N) is 1. The monoisotopic (exact) mass is 380 g/mol. The summed E-state index contributed by atoms with van der Waals surface area (Å²) < 4.78 is 6.09. The number of methoxy groups -OCH3 is 1. The van der Waals surface area contributed by atoms with E-state index in [2.05, 4.69) is 52.3 Å². The number of allylic oxidation sites excluding steroid dienone is 1. The normalized spacial score (nSPS) is 17.7. The molecule has 0 aromatic heterocycles. The number of hydrogen-bond donors (Lipinski definition) is 1. The summed E-state index contributed by atoms with van der Waals surface area (Å²) in [6.45, 7) is 5.17. The van der Waals surface area contributed by atoms with E-state index in [4.69, 9.17) is 4.74 Å². The van der Waals surface area contributed by atoms with Crippen molar-refractivity contribution in [2.45, 2.75) is 45.6 Å². The van der Waals surface area contributed by atoms with Crippen LogP contribution < -0.4 is 5.43 Å². The van der Waals surface area contributed by atoms with Crippen LogP contribution in [-0.2, 0) is 16.0 Å². The minimum Gasteiger partial charge on any atom is -0.466 e. The lowest BCUT2D eigenvalue weighted by atomic mass is 9.98. The molecule has 1 N–H and O–H groups in total. The van der Waals surface area contributed by atoms with Crippen molar-refractivity contribution in [3.8, 4) is 0 Å². The van der Waals surface area contributed by atoms with Crippen LogP contribution in [0, 0.1) is 0 Å². The maximum absolute atomic E-state index is 12.3. The second kappa shape index (κ2) is 8.50. The van der Waals surface area contributed by atoms with Crippen LogP contribution in [0.3, 0.4) is 0 Å². The Balaban J connectivity index is 2.24. The van der Waals surface area contributed by atoms with E-state index < -0.39 is 0 Å². The average Bonchev–Trinajstić information content (AvgIpc) is 2.91. The van der Waals surface area contributed by atoms with Gasteiger partial charge in [-0.05, 0) is 37.0 Å². The molecule has 1 aromatic rings. The average molecular weight is 381 g/mol. The molecule has 2 rings (SSSR count). The molecule has 0 spiro atoms. The second-order valence-electron chi connectivity index (χ2n) is 5.72. The van der Waals surface area contributed by atoms with Crippen molar-refractivity contribution in [3.63, 3.8) is 0 Å². The van der Waals surface area contributed by atoms with E-state index in [-0.39, 0.29) is 12.0 Å². The fourth-order valence-electron chi connectivity index (χ4n) is 2.95. The first kappa shape index (κ1) is 18.0. The van der Waals surface area contributed by atoms with Crippen molar-refractivity contribution < 1.29 is 9.53 Å². The van der Waals surface area contributed by atoms with Crippen molar-refractivity contribution in [3.05, 3.63) is 45.6 Å². The van der Waals surface area contributed by atoms with E-state index in [0.29, 0.717) is 0 Å². The van der Waals surface area contributed by atoms with Crippen molar-refractivity contribution in [2.75, 3.05) is 13.7 Å². The predicted molar refractivity (Wildman–Crippen MR) is 95.7 cm³/mol. The first-order chi connectivity index (χ1) is 11.1. The van der Waals surface area contributed by atoms with E-state index in [1.807, 2.05) is 12.1 Å². The van der Waals surface area contributed by atoms with Gasteiger partial charge in [0.25, 0.3) is 0 Å². The molecule has 0 saturated carbocycles. The van der Waals surface area contributed by atoms with Crippen molar-refractivity contribution in [1.82, 2.24) is 10.4 Å². The van der Waals surface area contributed by atoms with Crippen LogP contribution in [0.5, 0.6) is 0 Å². The molecule has 1 atom stereocenters. The number of esters is 1. The number of unbranched alkanes of at least 4 members (excludes halogenated alkanes) is 1. The van der Waals surface area contributed by atoms with Gasteiger partial charge in [0.2, 0.25) is 0 Å². The Morgan fingerprint density at radius 2 is 2.00 bits per heavy atom. The maximum Gasteiger partial charge on any atom is 0.337 e. The van der Waals surface area contributed by atoms with Gasteiger partial charge in [-0.3, -0.25) is 0 Å². The molecule has 1 aromatic carbocycles. The third-order valence-corrected chi connectivity index (χ3v) is 4.65. The molecule has 0 radical (unpaired) electrons. The molecule has 1 unspecified atom stereocenters. The van der Waals surface area contributed by atoms with Crippen molar-refractivity contribution in [2.24, 2.45) is 0 Å². The summed E-state index contributed by atoms with van der Waals surface area (Å²) >= 11 is 3.46. The molecule has 1 heterocycles. The van der Waals surface area contributed by atoms with Gasteiger partial charge < -0.3 is 9.75 Å². The predicted octanol–water partition coefficient (Wildman–Crippen LogP) is 3.82. The Labute approximate surface area is 147 Å². The van der Waals surface area contributed by atoms with E-state index in [1.165, 1.54) is 12.7 Å². The number of benzene rings is 1. The van der Waals surface area contributed by atoms with Crippen molar-refractivity contribution >= 4 is 21.9 Å². The van der Waals surface area contributed by atoms with Gasteiger partial charge in [0, 0.05) is 16.7 Å². The van der Waals surface area contributed by atoms with Gasteiger partial charge in [0.15, 0.2) is 0 Å². The zero-order chi connectivity index (χ0) is 16.8. The van der Waals surface area contributed by atoms with Crippen LogP contribution >= 0.6 is 15.9 Å². The van der Waals surface area contributed by atoms with Gasteiger partial charge >= 0.3 is 5.97 Å². The first-order valence-electron chi connectivity index (χ1n) is 8.20. The third kappa shape index (κ3) is 4.36. The number of carbonyl (C=O) groups excluding carboxylic acids is 1. The van der Waals surface area contributed by atoms with E-state index in [9.17, 15) is 4.79 Å². The molecule has 0 amide bonds. The fourth-order valence-corrected chi connectivity index (χ4v) is 3.21. The molecular weight excluding hydrogens is 356 g/mol. The quantitative estimate of drug-likeness (QED) is 0.730. The van der Waals surface area contributed by atoms with Crippen LogP contribution in [0.25, 0.3) is 0 Å². The lowest BCUT2D eigenvalue weighted by molar-refractivity contribution is -0.136. The SMILES string of the molecule is CCCCN1NC(Cc2ccc(Br)cc2)C(C(=O)OC)=C1CC. The summed E-state index contributed by atoms with van der Waals surface area (Å²) in [5.74, 6) is -0.226. The van der Waals surface area contributed by atoms with Crippen LogP contribution in [0.15, 0.2) is 40.0 Å². The Bertz CT molecular complexity index is 569. The number of ether oxygens (including phenoxy) is 1. The Hall–Kier alpha value is -1.33. The molecule has 23 heavy (non-hydrogen) atoms. The van der Waals surface area contributed by atoms with Crippen LogP contribution in [0.4, 0.5) is 0 Å². The lowest BCUT2D eigenvalue weighted by Crippen LogP contribution is -2.39. The topological polar surface area (TPSA) is 41.6 Å². The number of nitrogens with one attached hydrogen (secondary N) is 1. The summed E-state index contributed by atoms with van der Waals surface area (Å²) in [6.07, 6.45) is 3.80. The molecular formula is C18H25BrN2O2. The Morgan fingerprint density at radius 3 is 2.57 bits per heavy atom. The molecule has 0 fully saturated rings. The Morgan fingerprint density at radius 1 is 1.30 bits per heavy atom. The highest BCUT2D eigenvalue weighted by molar-refractivity contribution is 9.10. The second-order valence-corrected chi connectivity index (χ2v) is 6.64. The van der Waals surface area contributed by atoms with Crippen LogP contribution in [0.1, 0.15) is 38.7 Å². The Kier molecular flexibility index (Phi) is 6.66. The van der Waals surface area contributed by atoms with Gasteiger partial charge in [0.1, 0.15) is 0 Å². The van der Waals surface area contributed by atoms with Gasteiger partial charge in [-0.15, -0.1) is 0 Å². The molecule has 1 aliphatic rings. The van der Waals surface area contributed by atoms with Gasteiger partial charge in [-0.2, -0.15) is 0 Å². The molecule has 0 aliphatic carbocycles. The molecule has 0 saturated heterocycles. The van der Waals surface area contributed by atoms with E-state index in [1.54, 1.807) is 0 Å². The molecule has 4 nitrogen and oxygen atoms in total. The minimum absolute atomic E-state index is 0.0320. The fraction of sp³-hybridized carbons (Fsp3) is 0.500. The number of halogens is 1. The van der Waals surface area contributed by atoms with Crippen molar-refractivity contribution in [1.29, 1.82) is 0 Å². The standard InChI is InChI=1S/C18H25BrN2O2/c1-4-6-11-21-16(5-2)17(18(22)23-3)15(20-21)12-13-7-9-14(19)10-8-13/h7-10,15,20H,4-6,11-12H2,1-3H3. The number of hydrazine groups is 1. The smallest absolute Gasteiger partial charge is 0.337 e. The van der Waals surface area contributed by atoms with E-state index in [0.717, 1.165) is 48.0 Å².